The van der Waals surface area contributed by atoms with Gasteiger partial charge in [-0.1, -0.05) is 0 Å². The Morgan fingerprint density at radius 1 is 1.25 bits per heavy atom. The lowest BCUT2D eigenvalue weighted by molar-refractivity contribution is -0.114. The SMILES string of the molecule is CC(=O)Nc1ccc(Nc2cc(C3CCC(OC(=O)NC(C)C)C3)[nH]n2)nc1. The number of H-pyrrole nitrogens is 1. The van der Waals surface area contributed by atoms with Crippen molar-refractivity contribution < 1.29 is 14.3 Å². The van der Waals surface area contributed by atoms with E-state index in [0.717, 1.165) is 25.0 Å². The van der Waals surface area contributed by atoms with Gasteiger partial charge in [-0.3, -0.25) is 9.89 Å². The van der Waals surface area contributed by atoms with Gasteiger partial charge >= 0.3 is 6.09 Å². The molecule has 0 bridgehead atoms. The van der Waals surface area contributed by atoms with E-state index < -0.39 is 0 Å². The van der Waals surface area contributed by atoms with Gasteiger partial charge in [0.05, 0.1) is 11.9 Å². The van der Waals surface area contributed by atoms with Crippen LogP contribution in [0.4, 0.5) is 22.1 Å². The first-order valence-electron chi connectivity index (χ1n) is 9.42. The number of rotatable bonds is 6. The number of aromatic nitrogens is 3. The highest BCUT2D eigenvalue weighted by molar-refractivity contribution is 5.88. The summed E-state index contributed by atoms with van der Waals surface area (Å²) in [6, 6.07) is 5.55. The van der Waals surface area contributed by atoms with Crippen LogP contribution in [0, 0.1) is 0 Å². The molecule has 1 aliphatic carbocycles. The highest BCUT2D eigenvalue weighted by Gasteiger charge is 2.30. The number of nitrogens with zero attached hydrogens (tertiary/aromatic N) is 2. The fraction of sp³-hybridized carbons (Fsp3) is 0.474. The molecule has 0 saturated heterocycles. The third-order valence-corrected chi connectivity index (χ3v) is 4.44. The fourth-order valence-corrected chi connectivity index (χ4v) is 3.24. The van der Waals surface area contributed by atoms with Crippen molar-refractivity contribution in [1.82, 2.24) is 20.5 Å². The molecule has 1 saturated carbocycles. The summed E-state index contributed by atoms with van der Waals surface area (Å²) in [5, 5.41) is 15.9. The molecule has 9 nitrogen and oxygen atoms in total. The summed E-state index contributed by atoms with van der Waals surface area (Å²) in [5.41, 5.74) is 1.65. The number of ether oxygens (including phenoxy) is 1. The molecule has 2 unspecified atom stereocenters. The number of amides is 2. The van der Waals surface area contributed by atoms with Crippen molar-refractivity contribution in [3.63, 3.8) is 0 Å². The van der Waals surface area contributed by atoms with Crippen LogP contribution in [0.1, 0.15) is 51.6 Å². The molecule has 2 heterocycles. The van der Waals surface area contributed by atoms with Crippen LogP contribution in [-0.2, 0) is 9.53 Å². The zero-order valence-electron chi connectivity index (χ0n) is 16.3. The van der Waals surface area contributed by atoms with E-state index in [1.54, 1.807) is 18.3 Å². The maximum absolute atomic E-state index is 11.7. The highest BCUT2D eigenvalue weighted by atomic mass is 16.6. The van der Waals surface area contributed by atoms with Crippen molar-refractivity contribution >= 4 is 29.3 Å². The Morgan fingerprint density at radius 3 is 2.75 bits per heavy atom. The van der Waals surface area contributed by atoms with Crippen molar-refractivity contribution in [2.24, 2.45) is 0 Å². The summed E-state index contributed by atoms with van der Waals surface area (Å²) in [4.78, 5) is 27.1. The lowest BCUT2D eigenvalue weighted by atomic mass is 10.0. The average molecular weight is 386 g/mol. The topological polar surface area (TPSA) is 121 Å². The Bertz CT molecular complexity index is 817. The number of carbonyl (C=O) groups excluding carboxylic acids is 2. The molecule has 150 valence electrons. The molecular formula is C19H26N6O3. The monoisotopic (exact) mass is 386 g/mol. The molecule has 4 N–H and O–H groups in total. The Kier molecular flexibility index (Phi) is 6.13. The summed E-state index contributed by atoms with van der Waals surface area (Å²) >= 11 is 0. The summed E-state index contributed by atoms with van der Waals surface area (Å²) in [7, 11) is 0. The van der Waals surface area contributed by atoms with Gasteiger partial charge in [0.15, 0.2) is 5.82 Å². The third-order valence-electron chi connectivity index (χ3n) is 4.44. The maximum Gasteiger partial charge on any atom is 0.407 e. The highest BCUT2D eigenvalue weighted by Crippen LogP contribution is 2.36. The second-order valence-corrected chi connectivity index (χ2v) is 7.28. The zero-order valence-corrected chi connectivity index (χ0v) is 16.3. The van der Waals surface area contributed by atoms with Crippen molar-refractivity contribution in [2.45, 2.75) is 58.1 Å². The summed E-state index contributed by atoms with van der Waals surface area (Å²) < 4.78 is 5.48. The van der Waals surface area contributed by atoms with E-state index in [-0.39, 0.29) is 30.1 Å². The van der Waals surface area contributed by atoms with E-state index in [0.29, 0.717) is 17.3 Å². The van der Waals surface area contributed by atoms with Crippen LogP contribution in [0.3, 0.4) is 0 Å². The van der Waals surface area contributed by atoms with E-state index in [1.807, 2.05) is 19.9 Å². The second kappa shape index (κ2) is 8.73. The second-order valence-electron chi connectivity index (χ2n) is 7.28. The van der Waals surface area contributed by atoms with E-state index in [4.69, 9.17) is 4.74 Å². The van der Waals surface area contributed by atoms with Gasteiger partial charge in [-0.2, -0.15) is 5.10 Å². The molecule has 1 aliphatic rings. The molecule has 9 heteroatoms. The van der Waals surface area contributed by atoms with Crippen molar-refractivity contribution in [3.8, 4) is 0 Å². The molecule has 28 heavy (non-hydrogen) atoms. The minimum absolute atomic E-state index is 0.0619. The Hall–Kier alpha value is -3.10. The van der Waals surface area contributed by atoms with Gasteiger partial charge in [0.2, 0.25) is 5.91 Å². The lowest BCUT2D eigenvalue weighted by Gasteiger charge is -2.14. The lowest BCUT2D eigenvalue weighted by Crippen LogP contribution is -2.33. The normalized spacial score (nSPS) is 18.7. The molecule has 2 aromatic heterocycles. The van der Waals surface area contributed by atoms with E-state index >= 15 is 0 Å². The largest absolute Gasteiger partial charge is 0.446 e. The minimum Gasteiger partial charge on any atom is -0.446 e. The van der Waals surface area contributed by atoms with Crippen LogP contribution in [0.5, 0.6) is 0 Å². The molecule has 1 fully saturated rings. The number of hydrogen-bond acceptors (Lipinski definition) is 6. The quantitative estimate of drug-likeness (QED) is 0.604. The smallest absolute Gasteiger partial charge is 0.407 e. The Morgan fingerprint density at radius 2 is 2.07 bits per heavy atom. The van der Waals surface area contributed by atoms with Gasteiger partial charge in [0.25, 0.3) is 0 Å². The van der Waals surface area contributed by atoms with Gasteiger partial charge in [0.1, 0.15) is 11.9 Å². The first-order valence-corrected chi connectivity index (χ1v) is 9.42. The van der Waals surface area contributed by atoms with Gasteiger partial charge in [-0.15, -0.1) is 0 Å². The van der Waals surface area contributed by atoms with E-state index in [1.165, 1.54) is 6.92 Å². The van der Waals surface area contributed by atoms with Crippen molar-refractivity contribution in [1.29, 1.82) is 0 Å². The average Bonchev–Trinajstić information content (AvgIpc) is 3.25. The van der Waals surface area contributed by atoms with Crippen LogP contribution in [0.25, 0.3) is 0 Å². The summed E-state index contributed by atoms with van der Waals surface area (Å²) in [6.07, 6.45) is 3.69. The Balaban J connectivity index is 1.53. The molecule has 0 aromatic carbocycles. The van der Waals surface area contributed by atoms with E-state index in [9.17, 15) is 9.59 Å². The van der Waals surface area contributed by atoms with Gasteiger partial charge < -0.3 is 20.7 Å². The number of anilines is 3. The molecular weight excluding hydrogens is 360 g/mol. The third kappa shape index (κ3) is 5.45. The first kappa shape index (κ1) is 19.7. The first-order chi connectivity index (χ1) is 13.4. The Labute approximate surface area is 163 Å². The predicted molar refractivity (Wildman–Crippen MR) is 106 cm³/mol. The minimum atomic E-state index is -0.360. The summed E-state index contributed by atoms with van der Waals surface area (Å²) in [6.45, 7) is 5.26. The van der Waals surface area contributed by atoms with Gasteiger partial charge in [-0.25, -0.2) is 9.78 Å². The van der Waals surface area contributed by atoms with Gasteiger partial charge in [-0.05, 0) is 45.2 Å². The number of alkyl carbamates (subject to hydrolysis) is 1. The van der Waals surface area contributed by atoms with Crippen LogP contribution < -0.4 is 16.0 Å². The molecule has 2 aromatic rings. The van der Waals surface area contributed by atoms with Crippen molar-refractivity contribution in [2.75, 3.05) is 10.6 Å². The van der Waals surface area contributed by atoms with Crippen LogP contribution in [0.15, 0.2) is 24.4 Å². The molecule has 0 aliphatic heterocycles. The molecule has 3 rings (SSSR count). The standard InChI is InChI=1S/C19H26N6O3/c1-11(2)21-19(27)28-15-6-4-13(8-15)16-9-18(25-24-16)23-17-7-5-14(10-20-17)22-12(3)26/h5,7,9-11,13,15H,4,6,8H2,1-3H3,(H,21,27)(H,22,26)(H2,20,23,24,25). The molecule has 2 atom stereocenters. The molecule has 2 amide bonds. The number of nitrogens with one attached hydrogen (secondary N) is 4. The number of pyridine rings is 1. The van der Waals surface area contributed by atoms with Crippen LogP contribution in [-0.4, -0.2) is 39.3 Å². The van der Waals surface area contributed by atoms with Gasteiger partial charge in [0, 0.05) is 30.6 Å². The number of carbonyl (C=O) groups is 2. The fourth-order valence-electron chi connectivity index (χ4n) is 3.24. The number of hydrogen-bond donors (Lipinski definition) is 4. The summed E-state index contributed by atoms with van der Waals surface area (Å²) in [5.74, 6) is 1.43. The number of aromatic amines is 1. The zero-order chi connectivity index (χ0) is 20.1. The van der Waals surface area contributed by atoms with Crippen LogP contribution >= 0.6 is 0 Å². The van der Waals surface area contributed by atoms with Crippen LogP contribution in [0.2, 0.25) is 0 Å². The maximum atomic E-state index is 11.7. The predicted octanol–water partition coefficient (Wildman–Crippen LogP) is 3.28. The van der Waals surface area contributed by atoms with E-state index in [2.05, 4.69) is 31.1 Å². The van der Waals surface area contributed by atoms with Crippen molar-refractivity contribution in [3.05, 3.63) is 30.1 Å². The molecule has 0 radical (unpaired) electrons. The molecule has 0 spiro atoms.